The van der Waals surface area contributed by atoms with E-state index in [1.165, 1.54) is 11.3 Å². The van der Waals surface area contributed by atoms with Crippen LogP contribution in [0.5, 0.6) is 0 Å². The lowest BCUT2D eigenvalue weighted by Gasteiger charge is -2.34. The molecule has 1 rings (SSSR count). The number of rotatable bonds is 9. The average Bonchev–Trinajstić information content (AvgIpc) is 2.95. The molecule has 1 atom stereocenters. The van der Waals surface area contributed by atoms with Gasteiger partial charge in [-0.15, -0.1) is 11.3 Å². The maximum atomic E-state index is 12.9. The van der Waals surface area contributed by atoms with Gasteiger partial charge in [0.15, 0.2) is 0 Å². The molecule has 0 aromatic carbocycles. The van der Waals surface area contributed by atoms with Crippen molar-refractivity contribution < 1.29 is 8.42 Å². The Morgan fingerprint density at radius 3 is 2.45 bits per heavy atom. The molecule has 0 aliphatic carbocycles. The summed E-state index contributed by atoms with van der Waals surface area (Å²) >= 11 is 1.29. The summed E-state index contributed by atoms with van der Waals surface area (Å²) < 4.78 is 27.8. The summed E-state index contributed by atoms with van der Waals surface area (Å²) in [6.45, 7) is 9.62. The predicted octanol–water partition coefficient (Wildman–Crippen LogP) is 3.56. The third-order valence-corrected chi connectivity index (χ3v) is 7.12. The highest BCUT2D eigenvalue weighted by Crippen LogP contribution is 2.25. The van der Waals surface area contributed by atoms with E-state index in [1.54, 1.807) is 16.4 Å². The van der Waals surface area contributed by atoms with Crippen LogP contribution in [0.2, 0.25) is 0 Å². The molecule has 128 valence electrons. The number of hydrogen-bond donors (Lipinski definition) is 1. The van der Waals surface area contributed by atoms with Crippen LogP contribution >= 0.6 is 11.3 Å². The van der Waals surface area contributed by atoms with Crippen molar-refractivity contribution in [1.29, 1.82) is 0 Å². The van der Waals surface area contributed by atoms with Crippen LogP contribution in [0.1, 0.15) is 47.0 Å². The number of hydrogen-bond acceptors (Lipinski definition) is 4. The lowest BCUT2D eigenvalue weighted by Crippen LogP contribution is -2.49. The van der Waals surface area contributed by atoms with Gasteiger partial charge in [0.1, 0.15) is 4.21 Å². The fourth-order valence-corrected chi connectivity index (χ4v) is 5.02. The number of unbranched alkanes of at least 4 members (excludes halogenated alkanes) is 2. The highest BCUT2D eigenvalue weighted by atomic mass is 32.2. The minimum Gasteiger partial charge on any atom is -0.315 e. The van der Waals surface area contributed by atoms with Gasteiger partial charge in [0.25, 0.3) is 10.0 Å². The van der Waals surface area contributed by atoms with Gasteiger partial charge >= 0.3 is 0 Å². The summed E-state index contributed by atoms with van der Waals surface area (Å²) in [4.78, 5) is 0. The molecule has 0 fully saturated rings. The van der Waals surface area contributed by atoms with Gasteiger partial charge < -0.3 is 5.32 Å². The van der Waals surface area contributed by atoms with Gasteiger partial charge in [0.2, 0.25) is 0 Å². The number of nitrogens with zero attached hydrogens (tertiary/aromatic N) is 1. The van der Waals surface area contributed by atoms with Crippen molar-refractivity contribution in [2.24, 2.45) is 5.41 Å². The maximum absolute atomic E-state index is 12.9. The molecule has 0 unspecified atom stereocenters. The smallest absolute Gasteiger partial charge is 0.252 e. The third kappa shape index (κ3) is 5.33. The van der Waals surface area contributed by atoms with E-state index in [4.69, 9.17) is 0 Å². The Kier molecular flexibility index (Phi) is 7.52. The Morgan fingerprint density at radius 1 is 1.32 bits per heavy atom. The molecule has 1 N–H and O–H groups in total. The fraction of sp³-hybridized carbons (Fsp3) is 0.750. The average molecular weight is 347 g/mol. The normalized spacial score (nSPS) is 14.5. The van der Waals surface area contributed by atoms with E-state index in [0.29, 0.717) is 17.3 Å². The van der Waals surface area contributed by atoms with E-state index < -0.39 is 10.0 Å². The summed E-state index contributed by atoms with van der Waals surface area (Å²) in [6.07, 6.45) is 3.04. The van der Waals surface area contributed by atoms with Gasteiger partial charge in [0, 0.05) is 19.1 Å². The minimum absolute atomic E-state index is 0.00270. The molecule has 0 amide bonds. The first-order chi connectivity index (χ1) is 10.2. The summed E-state index contributed by atoms with van der Waals surface area (Å²) in [7, 11) is -1.49. The molecule has 0 bridgehead atoms. The maximum Gasteiger partial charge on any atom is 0.252 e. The van der Waals surface area contributed by atoms with E-state index >= 15 is 0 Å². The standard InChI is InChI=1S/C16H30N2O2S2/c1-6-7-8-11-18(13-14(17-5)16(2,3)4)22(19,20)15-10-9-12-21-15/h9-10,12,14,17H,6-8,11,13H2,1-5H3/t14-/m1/s1. The van der Waals surface area contributed by atoms with E-state index in [9.17, 15) is 8.42 Å². The molecule has 0 saturated heterocycles. The van der Waals surface area contributed by atoms with Crippen molar-refractivity contribution >= 4 is 21.4 Å². The van der Waals surface area contributed by atoms with Crippen molar-refractivity contribution in [2.45, 2.75) is 57.2 Å². The molecule has 1 aromatic heterocycles. The molecule has 0 saturated carbocycles. The summed E-state index contributed by atoms with van der Waals surface area (Å²) in [5, 5.41) is 5.09. The van der Waals surface area contributed by atoms with E-state index in [-0.39, 0.29) is 11.5 Å². The van der Waals surface area contributed by atoms with Crippen molar-refractivity contribution in [1.82, 2.24) is 9.62 Å². The van der Waals surface area contributed by atoms with Gasteiger partial charge in [-0.2, -0.15) is 4.31 Å². The van der Waals surface area contributed by atoms with Crippen LogP contribution in [0.3, 0.4) is 0 Å². The molecule has 0 spiro atoms. The quantitative estimate of drug-likeness (QED) is 0.696. The second kappa shape index (κ2) is 8.43. The zero-order valence-corrected chi connectivity index (χ0v) is 16.1. The second-order valence-corrected chi connectivity index (χ2v) is 9.82. The van der Waals surface area contributed by atoms with Crippen molar-refractivity contribution in [3.8, 4) is 0 Å². The minimum atomic E-state index is -3.39. The largest absolute Gasteiger partial charge is 0.315 e. The SMILES string of the molecule is CCCCCN(C[C@@H](NC)C(C)(C)C)S(=O)(=O)c1cccs1. The zero-order chi connectivity index (χ0) is 16.8. The Morgan fingerprint density at radius 2 is 2.00 bits per heavy atom. The number of nitrogens with one attached hydrogen (secondary N) is 1. The first-order valence-corrected chi connectivity index (χ1v) is 10.3. The van der Waals surface area contributed by atoms with E-state index in [0.717, 1.165) is 19.3 Å². The van der Waals surface area contributed by atoms with Crippen LogP contribution in [-0.4, -0.2) is 38.9 Å². The molecule has 6 heteroatoms. The van der Waals surface area contributed by atoms with Gasteiger partial charge in [-0.25, -0.2) is 8.42 Å². The topological polar surface area (TPSA) is 49.4 Å². The highest BCUT2D eigenvalue weighted by molar-refractivity contribution is 7.91. The summed E-state index contributed by atoms with van der Waals surface area (Å²) in [5.74, 6) is 0. The fourth-order valence-electron chi connectivity index (χ4n) is 2.39. The highest BCUT2D eigenvalue weighted by Gasteiger charge is 2.31. The number of likely N-dealkylation sites (N-methyl/N-ethyl adjacent to an activating group) is 1. The molecular formula is C16H30N2O2S2. The van der Waals surface area contributed by atoms with E-state index in [1.807, 2.05) is 12.4 Å². The zero-order valence-electron chi connectivity index (χ0n) is 14.4. The van der Waals surface area contributed by atoms with Crippen LogP contribution in [0.25, 0.3) is 0 Å². The predicted molar refractivity (Wildman–Crippen MR) is 94.9 cm³/mol. The molecular weight excluding hydrogens is 316 g/mol. The van der Waals surface area contributed by atoms with Crippen LogP contribution < -0.4 is 5.32 Å². The molecule has 0 radical (unpaired) electrons. The molecule has 4 nitrogen and oxygen atoms in total. The Bertz CT molecular complexity index is 519. The second-order valence-electron chi connectivity index (χ2n) is 6.71. The van der Waals surface area contributed by atoms with Gasteiger partial charge in [-0.3, -0.25) is 0 Å². The summed E-state index contributed by atoms with van der Waals surface area (Å²) in [5.41, 5.74) is 0.00270. The molecule has 1 heterocycles. The first-order valence-electron chi connectivity index (χ1n) is 7.94. The van der Waals surface area contributed by atoms with E-state index in [2.05, 4.69) is 33.0 Å². The van der Waals surface area contributed by atoms with Gasteiger partial charge in [0.05, 0.1) is 0 Å². The Balaban J connectivity index is 2.98. The molecule has 1 aromatic rings. The Labute approximate surface area is 140 Å². The number of thiophene rings is 1. The lowest BCUT2D eigenvalue weighted by molar-refractivity contribution is 0.232. The van der Waals surface area contributed by atoms with Gasteiger partial charge in [-0.1, -0.05) is 46.6 Å². The van der Waals surface area contributed by atoms with Crippen molar-refractivity contribution in [3.63, 3.8) is 0 Å². The molecule has 0 aliphatic heterocycles. The first kappa shape index (κ1) is 19.6. The molecule has 22 heavy (non-hydrogen) atoms. The third-order valence-electron chi connectivity index (χ3n) is 3.88. The van der Waals surface area contributed by atoms with Crippen LogP contribution in [0.4, 0.5) is 0 Å². The summed E-state index contributed by atoms with van der Waals surface area (Å²) in [6, 6.07) is 3.60. The van der Waals surface area contributed by atoms with Crippen LogP contribution in [0.15, 0.2) is 21.7 Å². The Hall–Kier alpha value is -0.430. The van der Waals surface area contributed by atoms with Crippen molar-refractivity contribution in [2.75, 3.05) is 20.1 Å². The van der Waals surface area contributed by atoms with Crippen LogP contribution in [0, 0.1) is 5.41 Å². The monoisotopic (exact) mass is 346 g/mol. The van der Waals surface area contributed by atoms with Gasteiger partial charge in [-0.05, 0) is 30.3 Å². The number of sulfonamides is 1. The lowest BCUT2D eigenvalue weighted by atomic mass is 9.87. The van der Waals surface area contributed by atoms with Crippen molar-refractivity contribution in [3.05, 3.63) is 17.5 Å². The molecule has 0 aliphatic rings. The van der Waals surface area contributed by atoms with Crippen LogP contribution in [-0.2, 0) is 10.0 Å².